The van der Waals surface area contributed by atoms with Gasteiger partial charge in [-0.15, -0.1) is 0 Å². The zero-order valence-corrected chi connectivity index (χ0v) is 12.2. The van der Waals surface area contributed by atoms with Crippen LogP contribution < -0.4 is 0 Å². The number of nitrogens with zero attached hydrogens (tertiary/aromatic N) is 1. The molecule has 5 nitrogen and oxygen atoms in total. The molecule has 0 amide bonds. The summed E-state index contributed by atoms with van der Waals surface area (Å²) >= 11 is 0. The molecular weight excluding hydrogens is 258 g/mol. The fraction of sp³-hybridized carbons (Fsp3) is 0.733. The molecule has 3 atom stereocenters. The Morgan fingerprint density at radius 1 is 1.50 bits per heavy atom. The monoisotopic (exact) mass is 281 g/mol. The number of rotatable bonds is 4. The zero-order chi connectivity index (χ0) is 14.5. The van der Waals surface area contributed by atoms with Crippen LogP contribution in [0.2, 0.25) is 0 Å². The van der Waals surface area contributed by atoms with Gasteiger partial charge in [-0.1, -0.05) is 18.9 Å². The van der Waals surface area contributed by atoms with Crippen LogP contribution in [0, 0.1) is 17.0 Å². The molecule has 0 aromatic heterocycles. The van der Waals surface area contributed by atoms with Crippen LogP contribution in [0.15, 0.2) is 12.2 Å². The molecule has 2 rings (SSSR count). The summed E-state index contributed by atoms with van der Waals surface area (Å²) in [6, 6.07) is 0. The molecule has 0 unspecified atom stereocenters. The predicted molar refractivity (Wildman–Crippen MR) is 75.0 cm³/mol. The van der Waals surface area contributed by atoms with Gasteiger partial charge in [-0.25, -0.2) is 4.79 Å². The molecule has 0 aromatic carbocycles. The van der Waals surface area contributed by atoms with Crippen LogP contribution in [0.25, 0.3) is 0 Å². The topological polar surface area (TPSA) is 61.6 Å². The Morgan fingerprint density at radius 2 is 2.25 bits per heavy atom. The number of allylic oxidation sites excluding steroid dienone is 1. The Hall–Kier alpha value is -1.52. The summed E-state index contributed by atoms with van der Waals surface area (Å²) in [7, 11) is 1.36. The molecule has 0 spiro atoms. The molecule has 20 heavy (non-hydrogen) atoms. The van der Waals surface area contributed by atoms with E-state index >= 15 is 0 Å². The van der Waals surface area contributed by atoms with E-state index in [-0.39, 0.29) is 12.1 Å². The first-order valence-corrected chi connectivity index (χ1v) is 7.35. The van der Waals surface area contributed by atoms with Gasteiger partial charge in [-0.3, -0.25) is 5.21 Å². The minimum atomic E-state index is -0.347. The van der Waals surface area contributed by atoms with Crippen molar-refractivity contribution in [1.82, 2.24) is 0 Å². The Balaban J connectivity index is 1.94. The van der Waals surface area contributed by atoms with Crippen LogP contribution in [-0.2, 0) is 14.4 Å². The van der Waals surface area contributed by atoms with Crippen molar-refractivity contribution >= 4 is 11.7 Å². The fourth-order valence-electron chi connectivity index (χ4n) is 3.32. The summed E-state index contributed by atoms with van der Waals surface area (Å²) < 4.78 is 4.54. The Labute approximate surface area is 119 Å². The van der Waals surface area contributed by atoms with E-state index < -0.39 is 0 Å². The number of carbonyl (C=O) groups is 1. The molecule has 0 bridgehead atoms. The summed E-state index contributed by atoms with van der Waals surface area (Å²) in [6.07, 6.45) is 9.28. The summed E-state index contributed by atoms with van der Waals surface area (Å²) in [5.74, 6) is 0.463. The molecule has 0 saturated heterocycles. The lowest BCUT2D eigenvalue weighted by Crippen LogP contribution is -2.45. The minimum absolute atomic E-state index is 0.0382. The lowest BCUT2D eigenvalue weighted by atomic mass is 9.72. The maximum Gasteiger partial charge on any atom is 0.330 e. The maximum atomic E-state index is 11.8. The summed E-state index contributed by atoms with van der Waals surface area (Å²) in [4.78, 5) is 17.2. The molecular formula is C15H23NO4. The van der Waals surface area contributed by atoms with Crippen LogP contribution >= 0.6 is 0 Å². The number of ether oxygens (including phenoxy) is 1. The molecule has 1 aliphatic carbocycles. The molecule has 1 aliphatic heterocycles. The highest BCUT2D eigenvalue weighted by Crippen LogP contribution is 2.38. The third kappa shape index (κ3) is 3.32. The number of esters is 1. The highest BCUT2D eigenvalue weighted by molar-refractivity contribution is 5.81. The number of methoxy groups -OCH3 is 1. The quantitative estimate of drug-likeness (QED) is 0.451. The Bertz CT molecular complexity index is 416. The highest BCUT2D eigenvalue weighted by Gasteiger charge is 2.40. The van der Waals surface area contributed by atoms with Crippen molar-refractivity contribution in [2.75, 3.05) is 7.11 Å². The van der Waals surface area contributed by atoms with Gasteiger partial charge in [0.2, 0.25) is 5.71 Å². The second-order valence-electron chi connectivity index (χ2n) is 5.60. The van der Waals surface area contributed by atoms with Gasteiger partial charge in [-0.05, 0) is 31.6 Å². The normalized spacial score (nSPS) is 30.0. The molecule has 0 N–H and O–H groups in total. The van der Waals surface area contributed by atoms with Crippen LogP contribution in [0.5, 0.6) is 0 Å². The van der Waals surface area contributed by atoms with Gasteiger partial charge in [-0.2, -0.15) is 0 Å². The number of hydrogen-bond donors (Lipinski definition) is 0. The third-order valence-electron chi connectivity index (χ3n) is 4.43. The minimum Gasteiger partial charge on any atom is -0.466 e. The molecule has 112 valence electrons. The third-order valence-corrected chi connectivity index (χ3v) is 4.43. The lowest BCUT2D eigenvalue weighted by Gasteiger charge is -2.40. The van der Waals surface area contributed by atoms with Crippen LogP contribution in [0.1, 0.15) is 45.4 Å². The summed E-state index contributed by atoms with van der Waals surface area (Å²) in [6.45, 7) is 1.88. The largest absolute Gasteiger partial charge is 0.466 e. The van der Waals surface area contributed by atoms with Crippen molar-refractivity contribution < 1.29 is 19.3 Å². The number of carbonyl (C=O) groups excluding carboxylic acids is 1. The SMILES string of the molecule is COC(=O)/C=C/CC[C@@H]1O[N+]([O-])=C(C)[C@H]2CCCC[C@H]12. The van der Waals surface area contributed by atoms with E-state index in [2.05, 4.69) is 4.74 Å². The van der Waals surface area contributed by atoms with Crippen molar-refractivity contribution in [3.05, 3.63) is 17.4 Å². The first kappa shape index (κ1) is 14.9. The van der Waals surface area contributed by atoms with Gasteiger partial charge >= 0.3 is 5.97 Å². The zero-order valence-electron chi connectivity index (χ0n) is 12.2. The molecule has 2 aliphatic rings. The van der Waals surface area contributed by atoms with Gasteiger partial charge in [0.05, 0.1) is 13.2 Å². The van der Waals surface area contributed by atoms with Gasteiger partial charge in [0.15, 0.2) is 0 Å². The maximum absolute atomic E-state index is 11.8. The first-order chi connectivity index (χ1) is 9.63. The van der Waals surface area contributed by atoms with E-state index in [9.17, 15) is 10.0 Å². The van der Waals surface area contributed by atoms with E-state index in [1.54, 1.807) is 6.08 Å². The molecule has 1 heterocycles. The predicted octanol–water partition coefficient (Wildman–Crippen LogP) is 2.59. The number of fused-ring (bicyclic) bond motifs is 1. The van der Waals surface area contributed by atoms with Gasteiger partial charge in [0.1, 0.15) is 0 Å². The molecule has 0 radical (unpaired) electrons. The highest BCUT2D eigenvalue weighted by atomic mass is 16.9. The Kier molecular flexibility index (Phi) is 5.04. The van der Waals surface area contributed by atoms with E-state index in [1.807, 2.05) is 6.92 Å². The van der Waals surface area contributed by atoms with Crippen molar-refractivity contribution in [1.29, 1.82) is 0 Å². The second-order valence-corrected chi connectivity index (χ2v) is 5.60. The van der Waals surface area contributed by atoms with Crippen molar-refractivity contribution in [2.24, 2.45) is 11.8 Å². The van der Waals surface area contributed by atoms with E-state index in [0.717, 1.165) is 31.4 Å². The van der Waals surface area contributed by atoms with Gasteiger partial charge in [0, 0.05) is 23.8 Å². The molecule has 0 aromatic rings. The Morgan fingerprint density at radius 3 is 3.00 bits per heavy atom. The smallest absolute Gasteiger partial charge is 0.330 e. The lowest BCUT2D eigenvalue weighted by molar-refractivity contribution is -0.763. The van der Waals surface area contributed by atoms with E-state index in [4.69, 9.17) is 4.84 Å². The molecule has 5 heteroatoms. The molecule has 1 fully saturated rings. The van der Waals surface area contributed by atoms with Gasteiger partial charge < -0.3 is 9.57 Å². The van der Waals surface area contributed by atoms with E-state index in [1.165, 1.54) is 26.0 Å². The molecule has 1 saturated carbocycles. The standard InChI is InChI=1S/C15H23NO4/c1-11-12-7-3-4-8-13(12)14(20-16(11)18)9-5-6-10-15(17)19-2/h6,10,12-14H,3-5,7-9H2,1-2H3/b10-6+/t12-,13+,14+/m1/s1. The van der Waals surface area contributed by atoms with Crippen LogP contribution in [-0.4, -0.2) is 29.8 Å². The van der Waals surface area contributed by atoms with Crippen LogP contribution in [0.3, 0.4) is 0 Å². The van der Waals surface area contributed by atoms with Crippen molar-refractivity contribution in [3.63, 3.8) is 0 Å². The second kappa shape index (κ2) is 6.77. The van der Waals surface area contributed by atoms with Crippen molar-refractivity contribution in [2.45, 2.75) is 51.6 Å². The summed E-state index contributed by atoms with van der Waals surface area (Å²) in [5.41, 5.74) is 0.816. The van der Waals surface area contributed by atoms with Gasteiger partial charge in [0.25, 0.3) is 0 Å². The average Bonchev–Trinajstić information content (AvgIpc) is 2.48. The van der Waals surface area contributed by atoms with Crippen LogP contribution in [0.4, 0.5) is 0 Å². The fourth-order valence-corrected chi connectivity index (χ4v) is 3.32. The van der Waals surface area contributed by atoms with E-state index in [0.29, 0.717) is 16.7 Å². The number of hydrogen-bond acceptors (Lipinski definition) is 4. The van der Waals surface area contributed by atoms with Crippen molar-refractivity contribution in [3.8, 4) is 0 Å². The summed E-state index contributed by atoms with van der Waals surface area (Å²) in [5, 5.41) is 11.8. The average molecular weight is 281 g/mol. The first-order valence-electron chi connectivity index (χ1n) is 7.35.